The Kier molecular flexibility index (Phi) is 6.72. The van der Waals surface area contributed by atoms with Gasteiger partial charge in [-0.2, -0.15) is 0 Å². The third kappa shape index (κ3) is 4.82. The van der Waals surface area contributed by atoms with Gasteiger partial charge in [-0.25, -0.2) is 0 Å². The highest BCUT2D eigenvalue weighted by Crippen LogP contribution is 2.35. The Hall–Kier alpha value is -0.860. The van der Waals surface area contributed by atoms with Crippen LogP contribution in [0.2, 0.25) is 0 Å². The summed E-state index contributed by atoms with van der Waals surface area (Å²) in [6.07, 6.45) is 4.99. The Morgan fingerprint density at radius 3 is 2.86 bits per heavy atom. The van der Waals surface area contributed by atoms with E-state index in [0.29, 0.717) is 17.9 Å². The van der Waals surface area contributed by atoms with E-state index in [1.54, 1.807) is 0 Å². The van der Waals surface area contributed by atoms with Crippen molar-refractivity contribution in [2.75, 3.05) is 19.8 Å². The Bertz CT molecular complexity index is 416. The van der Waals surface area contributed by atoms with E-state index < -0.39 is 0 Å². The van der Waals surface area contributed by atoms with Gasteiger partial charge in [-0.15, -0.1) is 0 Å². The summed E-state index contributed by atoms with van der Waals surface area (Å²) in [7, 11) is 0. The van der Waals surface area contributed by atoms with Gasteiger partial charge in [0.1, 0.15) is 0 Å². The molecule has 0 aliphatic heterocycles. The fraction of sp³-hybridized carbons (Fsp3) is 0.684. The number of fused-ring (bicyclic) bond motifs is 1. The lowest BCUT2D eigenvalue weighted by molar-refractivity contribution is 0.0917. The smallest absolute Gasteiger partial charge is 0.0488 e. The molecule has 1 aromatic carbocycles. The fourth-order valence-electron chi connectivity index (χ4n) is 3.40. The number of benzene rings is 1. The molecule has 0 saturated carbocycles. The van der Waals surface area contributed by atoms with E-state index in [1.807, 2.05) is 0 Å². The lowest BCUT2D eigenvalue weighted by atomic mass is 9.88. The lowest BCUT2D eigenvalue weighted by Gasteiger charge is -2.27. The van der Waals surface area contributed by atoms with Crippen LogP contribution in [0.15, 0.2) is 24.3 Å². The van der Waals surface area contributed by atoms with E-state index in [0.717, 1.165) is 19.8 Å². The average Bonchev–Trinajstić information content (AvgIpc) is 2.64. The summed E-state index contributed by atoms with van der Waals surface area (Å²) in [6.45, 7) is 9.44. The topological polar surface area (TPSA) is 21.3 Å². The zero-order valence-corrected chi connectivity index (χ0v) is 13.9. The van der Waals surface area contributed by atoms with Crippen molar-refractivity contribution >= 4 is 0 Å². The van der Waals surface area contributed by atoms with Crippen molar-refractivity contribution in [2.24, 2.45) is 11.8 Å². The first-order valence-electron chi connectivity index (χ1n) is 8.61. The number of aryl methyl sites for hydroxylation is 1. The second-order valence-corrected chi connectivity index (χ2v) is 6.64. The molecule has 1 N–H and O–H groups in total. The van der Waals surface area contributed by atoms with Crippen molar-refractivity contribution in [3.8, 4) is 0 Å². The second-order valence-electron chi connectivity index (χ2n) is 6.64. The Morgan fingerprint density at radius 2 is 2.10 bits per heavy atom. The molecular weight excluding hydrogens is 258 g/mol. The molecule has 2 nitrogen and oxygen atoms in total. The maximum absolute atomic E-state index is 5.83. The molecule has 1 aliphatic rings. The first kappa shape index (κ1) is 16.5. The van der Waals surface area contributed by atoms with Gasteiger partial charge in [0, 0.05) is 19.3 Å². The Morgan fingerprint density at radius 1 is 1.29 bits per heavy atom. The molecule has 1 aliphatic carbocycles. The van der Waals surface area contributed by atoms with E-state index in [1.165, 1.54) is 36.8 Å². The summed E-state index contributed by atoms with van der Waals surface area (Å²) in [4.78, 5) is 0. The van der Waals surface area contributed by atoms with E-state index in [9.17, 15) is 0 Å². The SMILES string of the molecule is CCNC1c2ccccc2CCCC1CCOCC(C)C. The van der Waals surface area contributed by atoms with Gasteiger partial charge >= 0.3 is 0 Å². The van der Waals surface area contributed by atoms with Crippen LogP contribution in [0.3, 0.4) is 0 Å². The zero-order chi connectivity index (χ0) is 15.1. The van der Waals surface area contributed by atoms with Crippen LogP contribution in [-0.4, -0.2) is 19.8 Å². The highest BCUT2D eigenvalue weighted by Gasteiger charge is 2.26. The van der Waals surface area contributed by atoms with E-state index in [4.69, 9.17) is 4.74 Å². The first-order valence-corrected chi connectivity index (χ1v) is 8.61. The molecule has 0 fully saturated rings. The molecule has 0 aromatic heterocycles. The predicted molar refractivity (Wildman–Crippen MR) is 89.6 cm³/mol. The van der Waals surface area contributed by atoms with Crippen LogP contribution in [0.25, 0.3) is 0 Å². The minimum absolute atomic E-state index is 0.497. The van der Waals surface area contributed by atoms with Crippen LogP contribution in [0.4, 0.5) is 0 Å². The average molecular weight is 289 g/mol. The molecule has 2 unspecified atom stereocenters. The van der Waals surface area contributed by atoms with Crippen LogP contribution in [-0.2, 0) is 11.2 Å². The quantitative estimate of drug-likeness (QED) is 0.595. The van der Waals surface area contributed by atoms with Gasteiger partial charge in [0.25, 0.3) is 0 Å². The normalized spacial score (nSPS) is 22.1. The number of rotatable bonds is 7. The molecule has 0 heterocycles. The van der Waals surface area contributed by atoms with Crippen molar-refractivity contribution in [1.29, 1.82) is 0 Å². The van der Waals surface area contributed by atoms with Gasteiger partial charge in [0.15, 0.2) is 0 Å². The Balaban J connectivity index is 2.02. The van der Waals surface area contributed by atoms with Crippen LogP contribution < -0.4 is 5.32 Å². The molecule has 1 aromatic rings. The number of hydrogen-bond donors (Lipinski definition) is 1. The van der Waals surface area contributed by atoms with Gasteiger partial charge < -0.3 is 10.1 Å². The van der Waals surface area contributed by atoms with Gasteiger partial charge in [-0.3, -0.25) is 0 Å². The molecule has 0 bridgehead atoms. The summed E-state index contributed by atoms with van der Waals surface area (Å²) < 4.78 is 5.83. The standard InChI is InChI=1S/C19H31NO/c1-4-20-19-17(12-13-21-14-15(2)3)10-7-9-16-8-5-6-11-18(16)19/h5-6,8,11,15,17,19-20H,4,7,9-10,12-14H2,1-3H3. The maximum Gasteiger partial charge on any atom is 0.0488 e. The van der Waals surface area contributed by atoms with Crippen LogP contribution in [0.1, 0.15) is 57.2 Å². The van der Waals surface area contributed by atoms with Crippen molar-refractivity contribution < 1.29 is 4.74 Å². The van der Waals surface area contributed by atoms with Crippen LogP contribution in [0.5, 0.6) is 0 Å². The van der Waals surface area contributed by atoms with E-state index >= 15 is 0 Å². The summed E-state index contributed by atoms with van der Waals surface area (Å²) in [5, 5.41) is 3.72. The monoisotopic (exact) mass is 289 g/mol. The first-order chi connectivity index (χ1) is 10.2. The number of nitrogens with one attached hydrogen (secondary N) is 1. The molecule has 2 atom stereocenters. The maximum atomic E-state index is 5.83. The summed E-state index contributed by atoms with van der Waals surface area (Å²) >= 11 is 0. The molecule has 2 rings (SSSR count). The zero-order valence-electron chi connectivity index (χ0n) is 13.9. The predicted octanol–water partition coefficient (Wildman–Crippen LogP) is 4.35. The molecule has 118 valence electrons. The lowest BCUT2D eigenvalue weighted by Crippen LogP contribution is -2.29. The molecule has 0 radical (unpaired) electrons. The van der Waals surface area contributed by atoms with Gasteiger partial charge in [0.05, 0.1) is 0 Å². The van der Waals surface area contributed by atoms with Crippen molar-refractivity contribution in [3.63, 3.8) is 0 Å². The van der Waals surface area contributed by atoms with E-state index in [-0.39, 0.29) is 0 Å². The molecule has 0 amide bonds. The largest absolute Gasteiger partial charge is 0.381 e. The summed E-state index contributed by atoms with van der Waals surface area (Å²) in [6, 6.07) is 9.47. The molecule has 0 spiro atoms. The highest BCUT2D eigenvalue weighted by molar-refractivity contribution is 5.31. The van der Waals surface area contributed by atoms with Gasteiger partial charge in [-0.05, 0) is 55.2 Å². The number of ether oxygens (including phenoxy) is 1. The van der Waals surface area contributed by atoms with Gasteiger partial charge in [0.2, 0.25) is 0 Å². The molecule has 21 heavy (non-hydrogen) atoms. The van der Waals surface area contributed by atoms with E-state index in [2.05, 4.69) is 50.4 Å². The van der Waals surface area contributed by atoms with Crippen LogP contribution >= 0.6 is 0 Å². The fourth-order valence-corrected chi connectivity index (χ4v) is 3.40. The van der Waals surface area contributed by atoms with Crippen molar-refractivity contribution in [1.82, 2.24) is 5.32 Å². The molecule has 0 saturated heterocycles. The summed E-state index contributed by atoms with van der Waals surface area (Å²) in [5.41, 5.74) is 3.06. The van der Waals surface area contributed by atoms with Crippen LogP contribution in [0, 0.1) is 11.8 Å². The minimum atomic E-state index is 0.497. The second kappa shape index (κ2) is 8.55. The molecular formula is C19H31NO. The van der Waals surface area contributed by atoms with Gasteiger partial charge in [-0.1, -0.05) is 45.0 Å². The molecule has 2 heteroatoms. The third-order valence-electron chi connectivity index (χ3n) is 4.39. The third-order valence-corrected chi connectivity index (χ3v) is 4.39. The van der Waals surface area contributed by atoms with Crippen molar-refractivity contribution in [3.05, 3.63) is 35.4 Å². The number of hydrogen-bond acceptors (Lipinski definition) is 2. The Labute approximate surface area is 130 Å². The summed E-state index contributed by atoms with van der Waals surface area (Å²) in [5.74, 6) is 1.32. The highest BCUT2D eigenvalue weighted by atomic mass is 16.5. The van der Waals surface area contributed by atoms with Crippen molar-refractivity contribution in [2.45, 2.75) is 52.5 Å². The minimum Gasteiger partial charge on any atom is -0.381 e.